The van der Waals surface area contributed by atoms with Gasteiger partial charge in [-0.25, -0.2) is 4.79 Å². The lowest BCUT2D eigenvalue weighted by atomic mass is 10.2. The van der Waals surface area contributed by atoms with E-state index in [2.05, 4.69) is 0 Å². The lowest BCUT2D eigenvalue weighted by Gasteiger charge is -2.12. The van der Waals surface area contributed by atoms with Crippen molar-refractivity contribution >= 4 is 17.6 Å². The molecule has 0 saturated carbocycles. The number of carbonyl (C=O) groups is 1. The van der Waals surface area contributed by atoms with Gasteiger partial charge >= 0.3 is 5.97 Å². The molecule has 0 fully saturated rings. The van der Waals surface area contributed by atoms with Gasteiger partial charge in [0.25, 0.3) is 0 Å². The van der Waals surface area contributed by atoms with Crippen LogP contribution in [0.3, 0.4) is 0 Å². The van der Waals surface area contributed by atoms with Crippen molar-refractivity contribution in [3.8, 4) is 11.5 Å². The average Bonchev–Trinajstić information content (AvgIpc) is 2.54. The second-order valence-corrected chi connectivity index (χ2v) is 4.87. The second-order valence-electron chi connectivity index (χ2n) is 4.47. The second kappa shape index (κ2) is 7.71. The fourth-order valence-corrected chi connectivity index (χ4v) is 2.09. The monoisotopic (exact) mass is 320 g/mol. The summed E-state index contributed by atoms with van der Waals surface area (Å²) in [5.74, 6) is 0.617. The van der Waals surface area contributed by atoms with Gasteiger partial charge in [0.2, 0.25) is 0 Å². The topological polar surface area (TPSA) is 44.8 Å². The van der Waals surface area contributed by atoms with Gasteiger partial charge in [0.1, 0.15) is 6.61 Å². The molecule has 0 bridgehead atoms. The van der Waals surface area contributed by atoms with E-state index in [1.165, 1.54) is 7.11 Å². The maximum Gasteiger partial charge on any atom is 0.338 e. The molecular formula is C17H17ClO4. The molecule has 5 heteroatoms. The van der Waals surface area contributed by atoms with Gasteiger partial charge in [-0.3, -0.25) is 0 Å². The van der Waals surface area contributed by atoms with Crippen LogP contribution < -0.4 is 9.47 Å². The van der Waals surface area contributed by atoms with E-state index in [1.54, 1.807) is 31.2 Å². The van der Waals surface area contributed by atoms with Crippen LogP contribution in [0.2, 0.25) is 5.02 Å². The Hall–Kier alpha value is -2.20. The minimum atomic E-state index is -0.390. The molecular weight excluding hydrogens is 304 g/mol. The van der Waals surface area contributed by atoms with Gasteiger partial charge in [-0.15, -0.1) is 0 Å². The van der Waals surface area contributed by atoms with Gasteiger partial charge in [0, 0.05) is 10.6 Å². The van der Waals surface area contributed by atoms with Crippen LogP contribution in [0.25, 0.3) is 0 Å². The molecule has 0 unspecified atom stereocenters. The minimum Gasteiger partial charge on any atom is -0.493 e. The molecule has 0 aliphatic heterocycles. The van der Waals surface area contributed by atoms with E-state index in [1.807, 2.05) is 18.2 Å². The van der Waals surface area contributed by atoms with Crippen molar-refractivity contribution < 1.29 is 19.0 Å². The summed E-state index contributed by atoms with van der Waals surface area (Å²) in [6.45, 7) is 2.40. The average molecular weight is 321 g/mol. The fraction of sp³-hybridized carbons (Fsp3) is 0.235. The van der Waals surface area contributed by atoms with E-state index in [9.17, 15) is 4.79 Å². The molecule has 0 aliphatic rings. The Labute approximate surface area is 134 Å². The van der Waals surface area contributed by atoms with Crippen LogP contribution in [0.4, 0.5) is 0 Å². The molecule has 2 rings (SSSR count). The van der Waals surface area contributed by atoms with E-state index >= 15 is 0 Å². The summed E-state index contributed by atoms with van der Waals surface area (Å²) in [6, 6.07) is 12.4. The van der Waals surface area contributed by atoms with Gasteiger partial charge in [0.15, 0.2) is 11.5 Å². The van der Waals surface area contributed by atoms with E-state index < -0.39 is 5.97 Å². The summed E-state index contributed by atoms with van der Waals surface area (Å²) in [4.78, 5) is 11.7. The number of ether oxygens (including phenoxy) is 3. The number of methoxy groups -OCH3 is 1. The Kier molecular flexibility index (Phi) is 5.67. The van der Waals surface area contributed by atoms with Crippen LogP contribution in [-0.2, 0) is 11.3 Å². The lowest BCUT2D eigenvalue weighted by Crippen LogP contribution is -2.05. The number of carbonyl (C=O) groups excluding carboxylic acids is 1. The molecule has 0 saturated heterocycles. The van der Waals surface area contributed by atoms with Crippen LogP contribution in [0.15, 0.2) is 42.5 Å². The van der Waals surface area contributed by atoms with Crippen molar-refractivity contribution in [3.63, 3.8) is 0 Å². The highest BCUT2D eigenvalue weighted by molar-refractivity contribution is 6.31. The van der Waals surface area contributed by atoms with Crippen molar-refractivity contribution in [1.29, 1.82) is 0 Å². The van der Waals surface area contributed by atoms with Gasteiger partial charge < -0.3 is 14.2 Å². The summed E-state index contributed by atoms with van der Waals surface area (Å²) in [6.07, 6.45) is 0. The van der Waals surface area contributed by atoms with Crippen molar-refractivity contribution in [1.82, 2.24) is 0 Å². The van der Waals surface area contributed by atoms with Crippen LogP contribution >= 0.6 is 11.6 Å². The number of hydrogen-bond donors (Lipinski definition) is 0. The number of hydrogen-bond acceptors (Lipinski definition) is 4. The van der Waals surface area contributed by atoms with Gasteiger partial charge in [-0.1, -0.05) is 29.8 Å². The quantitative estimate of drug-likeness (QED) is 0.752. The lowest BCUT2D eigenvalue weighted by molar-refractivity contribution is 0.0526. The molecule has 0 amide bonds. The van der Waals surface area contributed by atoms with E-state index in [-0.39, 0.29) is 0 Å². The summed E-state index contributed by atoms with van der Waals surface area (Å²) < 4.78 is 16.0. The van der Waals surface area contributed by atoms with Crippen LogP contribution in [0.5, 0.6) is 11.5 Å². The van der Waals surface area contributed by atoms with Crippen LogP contribution in [0.1, 0.15) is 22.8 Å². The summed E-state index contributed by atoms with van der Waals surface area (Å²) in [5, 5.41) is 0.643. The molecule has 0 radical (unpaired) electrons. The molecule has 0 aliphatic carbocycles. The van der Waals surface area contributed by atoms with E-state index in [4.69, 9.17) is 25.8 Å². The zero-order valence-corrected chi connectivity index (χ0v) is 13.2. The van der Waals surface area contributed by atoms with Gasteiger partial charge in [-0.2, -0.15) is 0 Å². The molecule has 0 heterocycles. The smallest absolute Gasteiger partial charge is 0.338 e. The normalized spacial score (nSPS) is 10.1. The fourth-order valence-electron chi connectivity index (χ4n) is 1.90. The molecule has 22 heavy (non-hydrogen) atoms. The van der Waals surface area contributed by atoms with E-state index in [0.29, 0.717) is 35.3 Å². The Bertz CT molecular complexity index is 655. The maximum atomic E-state index is 11.7. The first-order valence-electron chi connectivity index (χ1n) is 6.87. The van der Waals surface area contributed by atoms with E-state index in [0.717, 1.165) is 5.56 Å². The molecule has 0 N–H and O–H groups in total. The predicted octanol–water partition coefficient (Wildman–Crippen LogP) is 4.10. The van der Waals surface area contributed by atoms with Gasteiger partial charge in [-0.05, 0) is 31.2 Å². The minimum absolute atomic E-state index is 0.314. The van der Waals surface area contributed by atoms with Crippen molar-refractivity contribution in [2.24, 2.45) is 0 Å². The number of halogens is 1. The third kappa shape index (κ3) is 3.92. The summed E-state index contributed by atoms with van der Waals surface area (Å²) in [7, 11) is 1.52. The molecule has 4 nitrogen and oxygen atoms in total. The standard InChI is InChI=1S/C17H17ClO4/c1-3-21-17(19)12-8-9-15(16(10-12)20-2)22-11-13-6-4-5-7-14(13)18/h4-10H,3,11H2,1-2H3. The van der Waals surface area contributed by atoms with Crippen molar-refractivity contribution in [2.45, 2.75) is 13.5 Å². The van der Waals surface area contributed by atoms with Crippen LogP contribution in [-0.4, -0.2) is 19.7 Å². The SMILES string of the molecule is CCOC(=O)c1ccc(OCc2ccccc2Cl)c(OC)c1. The predicted molar refractivity (Wildman–Crippen MR) is 84.7 cm³/mol. The highest BCUT2D eigenvalue weighted by atomic mass is 35.5. The Balaban J connectivity index is 2.14. The zero-order valence-electron chi connectivity index (χ0n) is 12.5. The highest BCUT2D eigenvalue weighted by Crippen LogP contribution is 2.29. The van der Waals surface area contributed by atoms with Crippen LogP contribution in [0, 0.1) is 0 Å². The number of rotatable bonds is 6. The first-order chi connectivity index (χ1) is 10.7. The first-order valence-corrected chi connectivity index (χ1v) is 7.25. The van der Waals surface area contributed by atoms with Gasteiger partial charge in [0.05, 0.1) is 19.3 Å². The summed E-state index contributed by atoms with van der Waals surface area (Å²) >= 11 is 6.09. The molecule has 2 aromatic carbocycles. The number of benzene rings is 2. The molecule has 0 atom stereocenters. The molecule has 116 valence electrons. The third-order valence-electron chi connectivity index (χ3n) is 3.02. The highest BCUT2D eigenvalue weighted by Gasteiger charge is 2.12. The Morgan fingerprint density at radius 3 is 2.59 bits per heavy atom. The molecule has 0 aromatic heterocycles. The van der Waals surface area contributed by atoms with Crippen molar-refractivity contribution in [3.05, 3.63) is 58.6 Å². The Morgan fingerprint density at radius 2 is 1.91 bits per heavy atom. The largest absolute Gasteiger partial charge is 0.493 e. The third-order valence-corrected chi connectivity index (χ3v) is 3.38. The molecule has 2 aromatic rings. The maximum absolute atomic E-state index is 11.7. The first kappa shape index (κ1) is 16.2. The zero-order chi connectivity index (χ0) is 15.9. The molecule has 0 spiro atoms. The van der Waals surface area contributed by atoms with Crippen molar-refractivity contribution in [2.75, 3.05) is 13.7 Å². The summed E-state index contributed by atoms with van der Waals surface area (Å²) in [5.41, 5.74) is 1.30. The number of esters is 1. The Morgan fingerprint density at radius 1 is 1.14 bits per heavy atom.